The normalized spacial score (nSPS) is 12.0. The molecule has 0 aromatic carbocycles. The van der Waals surface area contributed by atoms with Gasteiger partial charge in [-0.1, -0.05) is 31.5 Å². The van der Waals surface area contributed by atoms with Crippen LogP contribution in [0, 0.1) is 0 Å². The molecule has 0 aromatic rings. The first-order valence-electron chi connectivity index (χ1n) is 1.55. The minimum Gasteiger partial charge on any atom is -0.0724 e. The molecule has 0 saturated heterocycles. The number of alkyl halides is 1. The van der Waals surface area contributed by atoms with Gasteiger partial charge in [0.05, 0.1) is 2.75 Å². The molecule has 3 heteroatoms. The van der Waals surface area contributed by atoms with Gasteiger partial charge in [0.25, 0.3) is 0 Å². The number of rotatable bonds is 1. The summed E-state index contributed by atoms with van der Waals surface area (Å²) in [6, 6.07) is 0. The highest BCUT2D eigenvalue weighted by Crippen LogP contribution is 2.36. The SMILES string of the molecule is CC(C)(I)SI. The Morgan fingerprint density at radius 2 is 1.67 bits per heavy atom. The van der Waals surface area contributed by atoms with E-state index in [1.54, 1.807) is 0 Å². The Hall–Kier alpha value is 1.81. The molecule has 0 spiro atoms. The fraction of sp³-hybridized carbons (Fsp3) is 1.00. The topological polar surface area (TPSA) is 0 Å². The van der Waals surface area contributed by atoms with Gasteiger partial charge in [0.15, 0.2) is 0 Å². The second-order valence-electron chi connectivity index (χ2n) is 1.44. The van der Waals surface area contributed by atoms with E-state index in [1.807, 2.05) is 8.93 Å². The van der Waals surface area contributed by atoms with Crippen molar-refractivity contribution >= 4 is 52.7 Å². The highest BCUT2D eigenvalue weighted by molar-refractivity contribution is 14.2. The summed E-state index contributed by atoms with van der Waals surface area (Å²) in [7, 11) is 1.84. The fourth-order valence-corrected chi connectivity index (χ4v) is 0. The van der Waals surface area contributed by atoms with Crippen LogP contribution in [-0.4, -0.2) is 2.75 Å². The van der Waals surface area contributed by atoms with Gasteiger partial charge in [-0.3, -0.25) is 0 Å². The number of hydrogen-bond acceptors (Lipinski definition) is 1. The van der Waals surface area contributed by atoms with Gasteiger partial charge in [0.2, 0.25) is 0 Å². The largest absolute Gasteiger partial charge is 0.0724 e. The van der Waals surface area contributed by atoms with Crippen molar-refractivity contribution in [1.82, 2.24) is 0 Å². The van der Waals surface area contributed by atoms with E-state index in [0.717, 1.165) is 0 Å². The van der Waals surface area contributed by atoms with E-state index in [0.29, 0.717) is 2.75 Å². The summed E-state index contributed by atoms with van der Waals surface area (Å²) in [6.07, 6.45) is 0. The van der Waals surface area contributed by atoms with Crippen LogP contribution in [-0.2, 0) is 0 Å². The molecule has 0 fully saturated rings. The third kappa shape index (κ3) is 5.81. The highest BCUT2D eigenvalue weighted by Gasteiger charge is 2.08. The molecule has 0 aliphatic rings. The first kappa shape index (κ1) is 7.81. The van der Waals surface area contributed by atoms with Crippen molar-refractivity contribution in [3.05, 3.63) is 0 Å². The van der Waals surface area contributed by atoms with Gasteiger partial charge >= 0.3 is 0 Å². The Labute approximate surface area is 68.6 Å². The standard InChI is InChI=1S/C3H6I2S/c1-3(2,4)6-5/h1-2H3. The summed E-state index contributed by atoms with van der Waals surface area (Å²) >= 11 is 4.70. The van der Waals surface area contributed by atoms with E-state index in [2.05, 4.69) is 57.6 Å². The van der Waals surface area contributed by atoms with E-state index in [9.17, 15) is 0 Å². The fourth-order valence-electron chi connectivity index (χ4n) is 0. The highest BCUT2D eigenvalue weighted by atomic mass is 127. The zero-order valence-corrected chi connectivity index (χ0v) is 8.80. The molecule has 0 atom stereocenters. The van der Waals surface area contributed by atoms with Crippen molar-refractivity contribution in [1.29, 1.82) is 0 Å². The van der Waals surface area contributed by atoms with Crippen molar-refractivity contribution in [3.8, 4) is 0 Å². The number of halogens is 2. The molecule has 0 bridgehead atoms. The van der Waals surface area contributed by atoms with Crippen molar-refractivity contribution in [2.45, 2.75) is 16.6 Å². The molecule has 0 unspecified atom stereocenters. The lowest BCUT2D eigenvalue weighted by atomic mass is 10.6. The Kier molecular flexibility index (Phi) is 3.86. The van der Waals surface area contributed by atoms with Crippen molar-refractivity contribution < 1.29 is 0 Å². The third-order valence-corrected chi connectivity index (χ3v) is 7.04. The van der Waals surface area contributed by atoms with E-state index in [-0.39, 0.29) is 0 Å². The minimum atomic E-state index is 0.415. The summed E-state index contributed by atoms with van der Waals surface area (Å²) in [5, 5.41) is 0. The van der Waals surface area contributed by atoms with Gasteiger partial charge in [0.1, 0.15) is 0 Å². The van der Waals surface area contributed by atoms with E-state index >= 15 is 0 Å². The molecule has 0 rings (SSSR count). The van der Waals surface area contributed by atoms with Gasteiger partial charge in [-0.25, -0.2) is 0 Å². The molecular formula is C3H6I2S. The predicted octanol–water partition coefficient (Wildman–Crippen LogP) is 3.24. The van der Waals surface area contributed by atoms with Gasteiger partial charge in [-0.05, 0) is 35.1 Å². The molecule has 6 heavy (non-hydrogen) atoms. The lowest BCUT2D eigenvalue weighted by Gasteiger charge is -2.07. The van der Waals surface area contributed by atoms with Crippen molar-refractivity contribution in [3.63, 3.8) is 0 Å². The first-order chi connectivity index (χ1) is 2.56. The maximum Gasteiger partial charge on any atom is 0.0716 e. The second kappa shape index (κ2) is 2.96. The van der Waals surface area contributed by atoms with Crippen LogP contribution in [0.5, 0.6) is 0 Å². The van der Waals surface area contributed by atoms with Crippen LogP contribution in [0.4, 0.5) is 0 Å². The average Bonchev–Trinajstić information content (AvgIpc) is 1.35. The molecule has 38 valence electrons. The third-order valence-electron chi connectivity index (χ3n) is 0.183. The summed E-state index contributed by atoms with van der Waals surface area (Å²) in [5.41, 5.74) is 0. The Morgan fingerprint density at radius 1 is 1.50 bits per heavy atom. The molecule has 0 aromatic heterocycles. The van der Waals surface area contributed by atoms with E-state index < -0.39 is 0 Å². The van der Waals surface area contributed by atoms with E-state index in [4.69, 9.17) is 0 Å². The molecule has 0 aliphatic heterocycles. The van der Waals surface area contributed by atoms with Crippen LogP contribution >= 0.6 is 52.7 Å². The summed E-state index contributed by atoms with van der Waals surface area (Å²) in [4.78, 5) is 0. The lowest BCUT2D eigenvalue weighted by Crippen LogP contribution is -1.95. The van der Waals surface area contributed by atoms with Crippen LogP contribution in [0.3, 0.4) is 0 Å². The summed E-state index contributed by atoms with van der Waals surface area (Å²) < 4.78 is 0.415. The Balaban J connectivity index is 3.17. The molecule has 0 aliphatic carbocycles. The lowest BCUT2D eigenvalue weighted by molar-refractivity contribution is 1.09. The zero-order valence-electron chi connectivity index (χ0n) is 3.66. The van der Waals surface area contributed by atoms with E-state index in [1.165, 1.54) is 0 Å². The molecule has 0 amide bonds. The monoisotopic (exact) mass is 328 g/mol. The maximum absolute atomic E-state index is 2.40. The Bertz CT molecular complexity index is 38.5. The van der Waals surface area contributed by atoms with Crippen molar-refractivity contribution in [2.24, 2.45) is 0 Å². The zero-order chi connectivity index (χ0) is 5.21. The average molecular weight is 328 g/mol. The van der Waals surface area contributed by atoms with Gasteiger partial charge in [0, 0.05) is 0 Å². The predicted molar refractivity (Wildman–Crippen MR) is 49.7 cm³/mol. The molecule has 0 heterocycles. The summed E-state index contributed by atoms with van der Waals surface area (Å²) in [6.45, 7) is 4.37. The Morgan fingerprint density at radius 3 is 1.67 bits per heavy atom. The van der Waals surface area contributed by atoms with Crippen molar-refractivity contribution in [2.75, 3.05) is 0 Å². The van der Waals surface area contributed by atoms with Crippen LogP contribution in [0.2, 0.25) is 0 Å². The van der Waals surface area contributed by atoms with Crippen LogP contribution in [0.25, 0.3) is 0 Å². The molecule has 0 radical (unpaired) electrons. The maximum atomic E-state index is 2.40. The van der Waals surface area contributed by atoms with Gasteiger partial charge in [-0.15, -0.1) is 0 Å². The summed E-state index contributed by atoms with van der Waals surface area (Å²) in [5.74, 6) is 0. The quantitative estimate of drug-likeness (QED) is 0.526. The molecule has 0 N–H and O–H groups in total. The minimum absolute atomic E-state index is 0.415. The number of hydrogen-bond donors (Lipinski definition) is 0. The molecular weight excluding hydrogens is 322 g/mol. The van der Waals surface area contributed by atoms with Crippen LogP contribution in [0.15, 0.2) is 0 Å². The van der Waals surface area contributed by atoms with Crippen LogP contribution in [0.1, 0.15) is 13.8 Å². The molecule has 0 saturated carbocycles. The second-order valence-corrected chi connectivity index (χ2v) is 7.37. The smallest absolute Gasteiger partial charge is 0.0716 e. The molecule has 0 nitrogen and oxygen atoms in total. The van der Waals surface area contributed by atoms with Crippen LogP contribution < -0.4 is 0 Å². The first-order valence-corrected chi connectivity index (χ1v) is 5.99. The van der Waals surface area contributed by atoms with Gasteiger partial charge in [-0.2, -0.15) is 0 Å². The van der Waals surface area contributed by atoms with Gasteiger partial charge < -0.3 is 0 Å².